The van der Waals surface area contributed by atoms with E-state index in [0.717, 1.165) is 17.2 Å². The van der Waals surface area contributed by atoms with Gasteiger partial charge in [0.1, 0.15) is 6.54 Å². The van der Waals surface area contributed by atoms with Gasteiger partial charge in [0, 0.05) is 11.1 Å². The van der Waals surface area contributed by atoms with Crippen LogP contribution in [0.3, 0.4) is 0 Å². The molecule has 3 amide bonds. The van der Waals surface area contributed by atoms with Crippen molar-refractivity contribution < 1.29 is 14.4 Å². The van der Waals surface area contributed by atoms with E-state index in [0.29, 0.717) is 18.5 Å². The van der Waals surface area contributed by atoms with Crippen LogP contribution in [0.15, 0.2) is 72.8 Å². The van der Waals surface area contributed by atoms with Gasteiger partial charge in [-0.05, 0) is 42.2 Å². The summed E-state index contributed by atoms with van der Waals surface area (Å²) in [6, 6.07) is 23.6. The summed E-state index contributed by atoms with van der Waals surface area (Å²) in [5, 5.41) is 4.83. The fourth-order valence-corrected chi connectivity index (χ4v) is 5.10. The van der Waals surface area contributed by atoms with Crippen molar-refractivity contribution in [3.63, 3.8) is 0 Å². The highest BCUT2D eigenvalue weighted by atomic mass is 16.2. The normalized spacial score (nSPS) is 23.1. The van der Waals surface area contributed by atoms with Crippen molar-refractivity contribution in [1.29, 1.82) is 0 Å². The van der Waals surface area contributed by atoms with Gasteiger partial charge in [-0.15, -0.1) is 0 Å². The van der Waals surface area contributed by atoms with Crippen LogP contribution < -0.4 is 5.32 Å². The van der Waals surface area contributed by atoms with Gasteiger partial charge in [-0.3, -0.25) is 19.3 Å². The Kier molecular flexibility index (Phi) is 5.02. The summed E-state index contributed by atoms with van der Waals surface area (Å²) < 4.78 is 0. The van der Waals surface area contributed by atoms with Gasteiger partial charge in [-0.25, -0.2) is 0 Å². The van der Waals surface area contributed by atoms with Crippen molar-refractivity contribution in [1.82, 2.24) is 4.90 Å². The molecule has 1 saturated carbocycles. The molecule has 0 aromatic heterocycles. The Balaban J connectivity index is 1.29. The molecule has 31 heavy (non-hydrogen) atoms. The minimum Gasteiger partial charge on any atom is -0.324 e. The van der Waals surface area contributed by atoms with Crippen LogP contribution in [0.2, 0.25) is 0 Å². The first-order chi connectivity index (χ1) is 15.1. The van der Waals surface area contributed by atoms with Crippen LogP contribution >= 0.6 is 0 Å². The maximum absolute atomic E-state index is 13.1. The van der Waals surface area contributed by atoms with Crippen LogP contribution in [0.4, 0.5) is 5.69 Å². The van der Waals surface area contributed by atoms with Gasteiger partial charge < -0.3 is 5.32 Å². The Hall–Kier alpha value is -3.47. The van der Waals surface area contributed by atoms with E-state index < -0.39 is 0 Å². The number of fused-ring (bicyclic) bond motifs is 2. The molecule has 0 unspecified atom stereocenters. The quantitative estimate of drug-likeness (QED) is 0.648. The van der Waals surface area contributed by atoms with Crippen molar-refractivity contribution in [2.24, 2.45) is 11.8 Å². The average Bonchev–Trinajstić information content (AvgIpc) is 3.04. The standard InChI is InChI=1S/C26H24N2O3/c29-24(27-23-12-6-10-18-9-4-5-11-20(18)23)16-28-25(30)21-14-13-19(15-22(21)26(28)31)17-7-2-1-3-8-17/h1-12,19,21-22H,13-16H2,(H,27,29)/t19-,21-,22+/m1/s1. The molecule has 5 nitrogen and oxygen atoms in total. The molecule has 1 aliphatic heterocycles. The highest BCUT2D eigenvalue weighted by Gasteiger charge is 2.50. The van der Waals surface area contributed by atoms with E-state index in [1.54, 1.807) is 0 Å². The molecule has 5 heteroatoms. The van der Waals surface area contributed by atoms with E-state index in [2.05, 4.69) is 17.4 Å². The zero-order chi connectivity index (χ0) is 21.4. The van der Waals surface area contributed by atoms with E-state index in [1.165, 1.54) is 10.5 Å². The first-order valence-corrected chi connectivity index (χ1v) is 10.8. The van der Waals surface area contributed by atoms with Gasteiger partial charge >= 0.3 is 0 Å². The van der Waals surface area contributed by atoms with Gasteiger partial charge in [0.25, 0.3) is 0 Å². The van der Waals surface area contributed by atoms with Gasteiger partial charge in [0.2, 0.25) is 17.7 Å². The fourth-order valence-electron chi connectivity index (χ4n) is 5.10. The third-order valence-corrected chi connectivity index (χ3v) is 6.65. The molecule has 0 bridgehead atoms. The second-order valence-corrected chi connectivity index (χ2v) is 8.47. The van der Waals surface area contributed by atoms with E-state index in [-0.39, 0.29) is 42.0 Å². The van der Waals surface area contributed by atoms with Gasteiger partial charge in [0.15, 0.2) is 0 Å². The molecular formula is C26H24N2O3. The van der Waals surface area contributed by atoms with E-state index >= 15 is 0 Å². The smallest absolute Gasteiger partial charge is 0.244 e. The monoisotopic (exact) mass is 412 g/mol. The summed E-state index contributed by atoms with van der Waals surface area (Å²) in [6.45, 7) is -0.232. The number of nitrogens with one attached hydrogen (secondary N) is 1. The summed E-state index contributed by atoms with van der Waals surface area (Å²) in [5.41, 5.74) is 1.90. The van der Waals surface area contributed by atoms with Gasteiger partial charge in [-0.1, -0.05) is 66.7 Å². The number of anilines is 1. The van der Waals surface area contributed by atoms with Crippen LogP contribution in [0.5, 0.6) is 0 Å². The maximum atomic E-state index is 13.1. The van der Waals surface area contributed by atoms with E-state index in [1.807, 2.05) is 60.7 Å². The lowest BCUT2D eigenvalue weighted by Gasteiger charge is -2.28. The summed E-state index contributed by atoms with van der Waals surface area (Å²) >= 11 is 0. The summed E-state index contributed by atoms with van der Waals surface area (Å²) in [6.07, 6.45) is 2.25. The minimum atomic E-state index is -0.351. The first-order valence-electron chi connectivity index (χ1n) is 10.8. The number of hydrogen-bond acceptors (Lipinski definition) is 3. The molecule has 1 heterocycles. The molecule has 2 aliphatic rings. The Labute approximate surface area is 181 Å². The van der Waals surface area contributed by atoms with Crippen molar-refractivity contribution in [2.45, 2.75) is 25.2 Å². The lowest BCUT2D eigenvalue weighted by molar-refractivity contribution is -0.142. The van der Waals surface area contributed by atoms with Crippen molar-refractivity contribution in [2.75, 3.05) is 11.9 Å². The number of imide groups is 1. The second-order valence-electron chi connectivity index (χ2n) is 8.47. The third kappa shape index (κ3) is 3.61. The lowest BCUT2D eigenvalue weighted by Crippen LogP contribution is -2.38. The van der Waals surface area contributed by atoms with Crippen LogP contribution in [0.1, 0.15) is 30.7 Å². The largest absolute Gasteiger partial charge is 0.324 e. The molecule has 0 radical (unpaired) electrons. The number of rotatable bonds is 4. The molecule has 3 aromatic carbocycles. The molecular weight excluding hydrogens is 388 g/mol. The number of carbonyl (C=O) groups excluding carboxylic acids is 3. The molecule has 0 spiro atoms. The summed E-state index contributed by atoms with van der Waals surface area (Å²) in [4.78, 5) is 39.9. The van der Waals surface area contributed by atoms with Crippen molar-refractivity contribution in [3.05, 3.63) is 78.4 Å². The Morgan fingerprint density at radius 1 is 0.839 bits per heavy atom. The van der Waals surface area contributed by atoms with Crippen molar-refractivity contribution >= 4 is 34.2 Å². The number of carbonyl (C=O) groups is 3. The van der Waals surface area contributed by atoms with Crippen LogP contribution in [-0.4, -0.2) is 29.2 Å². The molecule has 2 fully saturated rings. The minimum absolute atomic E-state index is 0.199. The van der Waals surface area contributed by atoms with Crippen LogP contribution in [0.25, 0.3) is 10.8 Å². The Morgan fingerprint density at radius 2 is 1.55 bits per heavy atom. The number of hydrogen-bond donors (Lipinski definition) is 1. The molecule has 3 aromatic rings. The topological polar surface area (TPSA) is 66.5 Å². The van der Waals surface area contributed by atoms with E-state index in [9.17, 15) is 14.4 Å². The van der Waals surface area contributed by atoms with Crippen LogP contribution in [-0.2, 0) is 14.4 Å². The van der Waals surface area contributed by atoms with Gasteiger partial charge in [-0.2, -0.15) is 0 Å². The third-order valence-electron chi connectivity index (χ3n) is 6.65. The molecule has 156 valence electrons. The van der Waals surface area contributed by atoms with E-state index in [4.69, 9.17) is 0 Å². The van der Waals surface area contributed by atoms with Crippen molar-refractivity contribution in [3.8, 4) is 0 Å². The first kappa shape index (κ1) is 19.5. The number of amides is 3. The maximum Gasteiger partial charge on any atom is 0.244 e. The summed E-state index contributed by atoms with van der Waals surface area (Å²) in [7, 11) is 0. The predicted octanol–water partition coefficient (Wildman–Crippen LogP) is 4.35. The Morgan fingerprint density at radius 3 is 2.39 bits per heavy atom. The zero-order valence-electron chi connectivity index (χ0n) is 17.2. The molecule has 1 N–H and O–H groups in total. The highest BCUT2D eigenvalue weighted by molar-refractivity contribution is 6.10. The van der Waals surface area contributed by atoms with Crippen LogP contribution in [0, 0.1) is 11.8 Å². The molecule has 1 aliphatic carbocycles. The zero-order valence-corrected chi connectivity index (χ0v) is 17.2. The molecule has 1 saturated heterocycles. The highest BCUT2D eigenvalue weighted by Crippen LogP contribution is 2.44. The Bertz CT molecular complexity index is 1150. The lowest BCUT2D eigenvalue weighted by atomic mass is 9.73. The average molecular weight is 412 g/mol. The molecule has 3 atom stereocenters. The second kappa shape index (κ2) is 7.99. The number of likely N-dealkylation sites (tertiary alicyclic amines) is 1. The molecule has 5 rings (SSSR count). The number of nitrogens with zero attached hydrogens (tertiary/aromatic N) is 1. The summed E-state index contributed by atoms with van der Waals surface area (Å²) in [5.74, 6) is -1.09. The van der Waals surface area contributed by atoms with Gasteiger partial charge in [0.05, 0.1) is 11.8 Å². The fraction of sp³-hybridized carbons (Fsp3) is 0.269. The predicted molar refractivity (Wildman–Crippen MR) is 119 cm³/mol. The SMILES string of the molecule is O=C(CN1C(=O)[C@H]2C[C@H](c3ccccc3)CC[C@H]2C1=O)Nc1cccc2ccccc12. The number of benzene rings is 3.